The van der Waals surface area contributed by atoms with Gasteiger partial charge in [0.25, 0.3) is 0 Å². The topological polar surface area (TPSA) is 84.2 Å². The molecule has 1 aliphatic heterocycles. The highest BCUT2D eigenvalue weighted by Crippen LogP contribution is 2.06. The number of hydrogen-bond donors (Lipinski definition) is 3. The van der Waals surface area contributed by atoms with Gasteiger partial charge in [0, 0.05) is 6.54 Å². The number of carbonyl (C=O) groups excluding carboxylic acids is 2. The minimum absolute atomic E-state index is 0.00403. The van der Waals surface area contributed by atoms with Crippen LogP contribution in [0.3, 0.4) is 0 Å². The van der Waals surface area contributed by atoms with Crippen LogP contribution in [0.5, 0.6) is 0 Å². The van der Waals surface area contributed by atoms with Crippen LogP contribution >= 0.6 is 0 Å². The number of carbonyl (C=O) groups is 2. The molecule has 0 aliphatic carbocycles. The SMILES string of the molecule is NC(=O)CNC(=O)C1CCNC1. The molecule has 5 heteroatoms. The van der Waals surface area contributed by atoms with E-state index >= 15 is 0 Å². The molecule has 5 nitrogen and oxygen atoms in total. The Morgan fingerprint density at radius 1 is 1.58 bits per heavy atom. The molecular weight excluding hydrogens is 158 g/mol. The van der Waals surface area contributed by atoms with Gasteiger partial charge < -0.3 is 16.4 Å². The zero-order chi connectivity index (χ0) is 8.97. The Bertz CT molecular complexity index is 187. The first-order chi connectivity index (χ1) is 5.70. The zero-order valence-electron chi connectivity index (χ0n) is 6.80. The summed E-state index contributed by atoms with van der Waals surface area (Å²) >= 11 is 0. The second-order valence-corrected chi connectivity index (χ2v) is 2.87. The van der Waals surface area contributed by atoms with Crippen molar-refractivity contribution in [2.24, 2.45) is 11.7 Å². The van der Waals surface area contributed by atoms with Crippen LogP contribution in [0.25, 0.3) is 0 Å². The second-order valence-electron chi connectivity index (χ2n) is 2.87. The summed E-state index contributed by atoms with van der Waals surface area (Å²) < 4.78 is 0. The van der Waals surface area contributed by atoms with Gasteiger partial charge in [0.15, 0.2) is 0 Å². The molecule has 1 rings (SSSR count). The number of rotatable bonds is 3. The third-order valence-corrected chi connectivity index (χ3v) is 1.87. The Balaban J connectivity index is 2.23. The monoisotopic (exact) mass is 171 g/mol. The molecule has 1 heterocycles. The van der Waals surface area contributed by atoms with Crippen molar-refractivity contribution in [2.45, 2.75) is 6.42 Å². The molecule has 0 saturated carbocycles. The Hall–Kier alpha value is -1.10. The molecule has 0 aromatic carbocycles. The third kappa shape index (κ3) is 2.50. The largest absolute Gasteiger partial charge is 0.368 e. The van der Waals surface area contributed by atoms with Gasteiger partial charge in [-0.15, -0.1) is 0 Å². The highest BCUT2D eigenvalue weighted by molar-refractivity contribution is 5.85. The molecule has 68 valence electrons. The third-order valence-electron chi connectivity index (χ3n) is 1.87. The number of hydrogen-bond acceptors (Lipinski definition) is 3. The van der Waals surface area contributed by atoms with Gasteiger partial charge in [-0.25, -0.2) is 0 Å². The van der Waals surface area contributed by atoms with E-state index < -0.39 is 5.91 Å². The maximum Gasteiger partial charge on any atom is 0.236 e. The number of primary amides is 1. The van der Waals surface area contributed by atoms with Crippen LogP contribution in [0.2, 0.25) is 0 Å². The van der Waals surface area contributed by atoms with Crippen molar-refractivity contribution < 1.29 is 9.59 Å². The average Bonchev–Trinajstić information content (AvgIpc) is 2.51. The predicted molar refractivity (Wildman–Crippen MR) is 43.2 cm³/mol. The minimum atomic E-state index is -0.505. The minimum Gasteiger partial charge on any atom is -0.368 e. The average molecular weight is 171 g/mol. The van der Waals surface area contributed by atoms with E-state index in [9.17, 15) is 9.59 Å². The van der Waals surface area contributed by atoms with E-state index in [2.05, 4.69) is 10.6 Å². The van der Waals surface area contributed by atoms with E-state index in [1.165, 1.54) is 0 Å². The van der Waals surface area contributed by atoms with Crippen LogP contribution in [0, 0.1) is 5.92 Å². The zero-order valence-corrected chi connectivity index (χ0v) is 6.80. The molecule has 1 unspecified atom stereocenters. The highest BCUT2D eigenvalue weighted by atomic mass is 16.2. The van der Waals surface area contributed by atoms with Gasteiger partial charge in [0.05, 0.1) is 12.5 Å². The van der Waals surface area contributed by atoms with Crippen molar-refractivity contribution in [3.8, 4) is 0 Å². The predicted octanol–water partition coefficient (Wildman–Crippen LogP) is -1.80. The van der Waals surface area contributed by atoms with E-state index in [-0.39, 0.29) is 18.4 Å². The Kier molecular flexibility index (Phi) is 3.04. The van der Waals surface area contributed by atoms with Crippen molar-refractivity contribution in [3.05, 3.63) is 0 Å². The van der Waals surface area contributed by atoms with Gasteiger partial charge in [-0.1, -0.05) is 0 Å². The molecule has 0 spiro atoms. The molecule has 0 aromatic rings. The van der Waals surface area contributed by atoms with Gasteiger partial charge in [0.1, 0.15) is 0 Å². The molecule has 1 atom stereocenters. The molecule has 0 radical (unpaired) electrons. The summed E-state index contributed by atoms with van der Waals surface area (Å²) in [4.78, 5) is 21.5. The first kappa shape index (κ1) is 8.99. The Labute approximate surface area is 70.7 Å². The van der Waals surface area contributed by atoms with Crippen LogP contribution in [-0.4, -0.2) is 31.4 Å². The smallest absolute Gasteiger partial charge is 0.236 e. The van der Waals surface area contributed by atoms with Crippen LogP contribution in [0.4, 0.5) is 0 Å². The van der Waals surface area contributed by atoms with E-state index in [1.807, 2.05) is 0 Å². The van der Waals surface area contributed by atoms with Crippen LogP contribution in [0.15, 0.2) is 0 Å². The van der Waals surface area contributed by atoms with Crippen LogP contribution < -0.4 is 16.4 Å². The van der Waals surface area contributed by atoms with Crippen LogP contribution in [0.1, 0.15) is 6.42 Å². The molecule has 1 aliphatic rings. The van der Waals surface area contributed by atoms with Crippen molar-refractivity contribution in [1.82, 2.24) is 10.6 Å². The number of nitrogens with one attached hydrogen (secondary N) is 2. The summed E-state index contributed by atoms with van der Waals surface area (Å²) in [6.45, 7) is 1.51. The van der Waals surface area contributed by atoms with E-state index in [1.54, 1.807) is 0 Å². The molecule has 2 amide bonds. The summed E-state index contributed by atoms with van der Waals surface area (Å²) in [5.74, 6) is -0.586. The van der Waals surface area contributed by atoms with Gasteiger partial charge in [-0.05, 0) is 13.0 Å². The molecule has 1 fully saturated rings. The molecule has 0 bridgehead atoms. The molecule has 12 heavy (non-hydrogen) atoms. The van der Waals surface area contributed by atoms with Crippen molar-refractivity contribution in [3.63, 3.8) is 0 Å². The van der Waals surface area contributed by atoms with Gasteiger partial charge >= 0.3 is 0 Å². The fraction of sp³-hybridized carbons (Fsp3) is 0.714. The van der Waals surface area contributed by atoms with E-state index in [0.29, 0.717) is 6.54 Å². The van der Waals surface area contributed by atoms with Crippen molar-refractivity contribution >= 4 is 11.8 Å². The first-order valence-electron chi connectivity index (χ1n) is 3.97. The molecule has 0 aromatic heterocycles. The second kappa shape index (κ2) is 4.06. The lowest BCUT2D eigenvalue weighted by Crippen LogP contribution is -2.37. The van der Waals surface area contributed by atoms with Crippen molar-refractivity contribution in [2.75, 3.05) is 19.6 Å². The summed E-state index contributed by atoms with van der Waals surface area (Å²) in [5, 5.41) is 5.53. The lowest BCUT2D eigenvalue weighted by Gasteiger charge is -2.07. The van der Waals surface area contributed by atoms with Crippen molar-refractivity contribution in [1.29, 1.82) is 0 Å². The van der Waals surface area contributed by atoms with E-state index in [0.717, 1.165) is 13.0 Å². The summed E-state index contributed by atoms with van der Waals surface area (Å²) in [5.41, 5.74) is 4.87. The summed E-state index contributed by atoms with van der Waals surface area (Å²) in [6.07, 6.45) is 0.838. The number of nitrogens with two attached hydrogens (primary N) is 1. The fourth-order valence-electron chi connectivity index (χ4n) is 1.20. The van der Waals surface area contributed by atoms with Gasteiger partial charge in [0.2, 0.25) is 11.8 Å². The summed E-state index contributed by atoms with van der Waals surface area (Å²) in [7, 11) is 0. The fourth-order valence-corrected chi connectivity index (χ4v) is 1.20. The first-order valence-corrected chi connectivity index (χ1v) is 3.97. The standard InChI is InChI=1S/C7H13N3O2/c8-6(11)4-10-7(12)5-1-2-9-3-5/h5,9H,1-4H2,(H2,8,11)(H,10,12). The lowest BCUT2D eigenvalue weighted by molar-refractivity contribution is -0.127. The molecule has 1 saturated heterocycles. The molecule has 4 N–H and O–H groups in total. The number of amides is 2. The van der Waals surface area contributed by atoms with Crippen LogP contribution in [-0.2, 0) is 9.59 Å². The maximum absolute atomic E-state index is 11.2. The Morgan fingerprint density at radius 3 is 2.83 bits per heavy atom. The maximum atomic E-state index is 11.2. The Morgan fingerprint density at radius 2 is 2.33 bits per heavy atom. The van der Waals surface area contributed by atoms with Gasteiger partial charge in [-0.3, -0.25) is 9.59 Å². The summed E-state index contributed by atoms with van der Waals surface area (Å²) in [6, 6.07) is 0. The quantitative estimate of drug-likeness (QED) is 0.468. The van der Waals surface area contributed by atoms with Gasteiger partial charge in [-0.2, -0.15) is 0 Å². The van der Waals surface area contributed by atoms with E-state index in [4.69, 9.17) is 5.73 Å². The normalized spacial score (nSPS) is 22.2. The molecular formula is C7H13N3O2. The highest BCUT2D eigenvalue weighted by Gasteiger charge is 2.21. The lowest BCUT2D eigenvalue weighted by atomic mass is 10.1.